The molecule has 2 nitrogen and oxygen atoms in total. The molecule has 0 spiro atoms. The number of carboxylic acid groups (broad SMARTS) is 1. The van der Waals surface area contributed by atoms with Gasteiger partial charge in [-0.15, -0.1) is 11.6 Å². The smallest absolute Gasteiger partial charge is 0.321 e. The first-order valence-corrected chi connectivity index (χ1v) is 4.38. The largest absolute Gasteiger partial charge is 0.480 e. The molecular weight excluding hydrogens is 164 g/mol. The number of aliphatic carboxylic acids is 1. The van der Waals surface area contributed by atoms with E-state index in [4.69, 9.17) is 16.7 Å². The Labute approximate surface area is 72.6 Å². The molecule has 0 aliphatic carbocycles. The number of alkyl halides is 1. The molecule has 0 radical (unpaired) electrons. The van der Waals surface area contributed by atoms with Crippen molar-refractivity contribution in [3.05, 3.63) is 0 Å². The minimum atomic E-state index is -0.907. The van der Waals surface area contributed by atoms with Crippen LogP contribution < -0.4 is 0 Å². The summed E-state index contributed by atoms with van der Waals surface area (Å²) in [4.78, 5) is 10.3. The fraction of sp³-hybridized carbons (Fsp3) is 0.875. The van der Waals surface area contributed by atoms with E-state index < -0.39 is 11.3 Å². The standard InChI is InChI=1S/C8H15ClO2/c1-3-6(2)4-5-7(9)8(10)11/h6-7H,3-5H2,1-2H3,(H,10,11). The van der Waals surface area contributed by atoms with Crippen molar-refractivity contribution < 1.29 is 9.90 Å². The quantitative estimate of drug-likeness (QED) is 0.657. The van der Waals surface area contributed by atoms with Gasteiger partial charge in [0.1, 0.15) is 5.38 Å². The summed E-state index contributed by atoms with van der Waals surface area (Å²) in [5, 5.41) is 7.73. The SMILES string of the molecule is CCC(C)CCC(Cl)C(=O)O. The Bertz CT molecular complexity index is 125. The second-order valence-corrected chi connectivity index (χ2v) is 3.42. The molecule has 0 aromatic heterocycles. The van der Waals surface area contributed by atoms with Gasteiger partial charge in [-0.25, -0.2) is 0 Å². The van der Waals surface area contributed by atoms with Crippen LogP contribution in [-0.2, 0) is 4.79 Å². The summed E-state index contributed by atoms with van der Waals surface area (Å²) in [5.74, 6) is -0.328. The number of carboxylic acids is 1. The Morgan fingerprint density at radius 1 is 1.55 bits per heavy atom. The molecule has 1 N–H and O–H groups in total. The van der Waals surface area contributed by atoms with Gasteiger partial charge in [-0.1, -0.05) is 20.3 Å². The molecule has 3 heteroatoms. The second kappa shape index (κ2) is 5.42. The first kappa shape index (κ1) is 10.8. The van der Waals surface area contributed by atoms with Gasteiger partial charge in [0.15, 0.2) is 0 Å². The van der Waals surface area contributed by atoms with Crippen molar-refractivity contribution in [1.29, 1.82) is 0 Å². The van der Waals surface area contributed by atoms with E-state index in [2.05, 4.69) is 13.8 Å². The molecule has 0 saturated carbocycles. The minimum Gasteiger partial charge on any atom is -0.480 e. The molecule has 66 valence electrons. The lowest BCUT2D eigenvalue weighted by molar-refractivity contribution is -0.136. The second-order valence-electron chi connectivity index (χ2n) is 2.90. The van der Waals surface area contributed by atoms with Gasteiger partial charge in [0.2, 0.25) is 0 Å². The molecule has 0 aliphatic rings. The summed E-state index contributed by atoms with van der Waals surface area (Å²) in [6.07, 6.45) is 2.56. The van der Waals surface area contributed by atoms with Crippen LogP contribution in [0.1, 0.15) is 33.1 Å². The van der Waals surface area contributed by atoms with Gasteiger partial charge >= 0.3 is 5.97 Å². The molecule has 0 aromatic rings. The summed E-state index contributed by atoms with van der Waals surface area (Å²) in [6, 6.07) is 0. The van der Waals surface area contributed by atoms with Crippen LogP contribution in [0.25, 0.3) is 0 Å². The van der Waals surface area contributed by atoms with E-state index in [0.717, 1.165) is 12.8 Å². The number of rotatable bonds is 5. The highest BCUT2D eigenvalue weighted by Crippen LogP contribution is 2.14. The molecule has 0 fully saturated rings. The van der Waals surface area contributed by atoms with E-state index in [0.29, 0.717) is 12.3 Å². The number of hydrogen-bond donors (Lipinski definition) is 1. The van der Waals surface area contributed by atoms with Crippen LogP contribution in [0.4, 0.5) is 0 Å². The highest BCUT2D eigenvalue weighted by molar-refractivity contribution is 6.29. The summed E-state index contributed by atoms with van der Waals surface area (Å²) >= 11 is 5.52. The van der Waals surface area contributed by atoms with E-state index in [1.165, 1.54) is 0 Å². The van der Waals surface area contributed by atoms with Crippen LogP contribution in [-0.4, -0.2) is 16.5 Å². The highest BCUT2D eigenvalue weighted by atomic mass is 35.5. The molecule has 0 heterocycles. The van der Waals surface area contributed by atoms with E-state index in [9.17, 15) is 4.79 Å². The maximum absolute atomic E-state index is 10.3. The zero-order valence-corrected chi connectivity index (χ0v) is 7.77. The van der Waals surface area contributed by atoms with E-state index in [1.807, 2.05) is 0 Å². The van der Waals surface area contributed by atoms with Gasteiger partial charge in [0.05, 0.1) is 0 Å². The Hall–Kier alpha value is -0.240. The first-order chi connectivity index (χ1) is 5.07. The summed E-state index contributed by atoms with van der Waals surface area (Å²) in [7, 11) is 0. The predicted octanol–water partition coefficient (Wildman–Crippen LogP) is 2.50. The zero-order chi connectivity index (χ0) is 8.85. The lowest BCUT2D eigenvalue weighted by Crippen LogP contribution is -2.13. The molecule has 0 rings (SSSR count). The van der Waals surface area contributed by atoms with E-state index >= 15 is 0 Å². The molecule has 0 aliphatic heterocycles. The fourth-order valence-corrected chi connectivity index (χ4v) is 0.884. The van der Waals surface area contributed by atoms with Gasteiger partial charge in [-0.05, 0) is 18.8 Å². The average Bonchev–Trinajstić information content (AvgIpc) is 1.99. The van der Waals surface area contributed by atoms with Gasteiger partial charge in [-0.2, -0.15) is 0 Å². The van der Waals surface area contributed by atoms with E-state index in [1.54, 1.807) is 0 Å². The Kier molecular flexibility index (Phi) is 5.30. The van der Waals surface area contributed by atoms with Crippen molar-refractivity contribution >= 4 is 17.6 Å². The molecule has 0 amide bonds. The number of hydrogen-bond acceptors (Lipinski definition) is 1. The minimum absolute atomic E-state index is 0.575. The van der Waals surface area contributed by atoms with Crippen LogP contribution in [0.3, 0.4) is 0 Å². The monoisotopic (exact) mass is 178 g/mol. The third-order valence-electron chi connectivity index (χ3n) is 1.88. The topological polar surface area (TPSA) is 37.3 Å². The molecule has 0 aromatic carbocycles. The first-order valence-electron chi connectivity index (χ1n) is 3.94. The van der Waals surface area contributed by atoms with Gasteiger partial charge in [0, 0.05) is 0 Å². The number of halogens is 1. The Morgan fingerprint density at radius 2 is 2.09 bits per heavy atom. The normalized spacial score (nSPS) is 15.9. The van der Waals surface area contributed by atoms with Gasteiger partial charge in [0.25, 0.3) is 0 Å². The van der Waals surface area contributed by atoms with Crippen molar-refractivity contribution in [2.24, 2.45) is 5.92 Å². The lowest BCUT2D eigenvalue weighted by Gasteiger charge is -2.08. The van der Waals surface area contributed by atoms with Crippen molar-refractivity contribution in [1.82, 2.24) is 0 Å². The Balaban J connectivity index is 3.45. The molecular formula is C8H15ClO2. The van der Waals surface area contributed by atoms with Crippen LogP contribution >= 0.6 is 11.6 Å². The van der Waals surface area contributed by atoms with Gasteiger partial charge in [-0.3, -0.25) is 4.79 Å². The lowest BCUT2D eigenvalue weighted by atomic mass is 10.0. The average molecular weight is 179 g/mol. The molecule has 11 heavy (non-hydrogen) atoms. The fourth-order valence-electron chi connectivity index (χ4n) is 0.758. The van der Waals surface area contributed by atoms with Crippen molar-refractivity contribution in [3.63, 3.8) is 0 Å². The summed E-state index contributed by atoms with van der Waals surface area (Å²) < 4.78 is 0. The molecule has 2 unspecified atom stereocenters. The third-order valence-corrected chi connectivity index (χ3v) is 2.28. The number of carbonyl (C=O) groups is 1. The van der Waals surface area contributed by atoms with Crippen LogP contribution in [0, 0.1) is 5.92 Å². The summed E-state index contributed by atoms with van der Waals surface area (Å²) in [5.41, 5.74) is 0. The van der Waals surface area contributed by atoms with Crippen LogP contribution in [0.15, 0.2) is 0 Å². The molecule has 0 saturated heterocycles. The van der Waals surface area contributed by atoms with Crippen LogP contribution in [0.2, 0.25) is 0 Å². The van der Waals surface area contributed by atoms with Crippen molar-refractivity contribution in [2.75, 3.05) is 0 Å². The maximum Gasteiger partial charge on any atom is 0.321 e. The van der Waals surface area contributed by atoms with Crippen molar-refractivity contribution in [3.8, 4) is 0 Å². The van der Waals surface area contributed by atoms with E-state index in [-0.39, 0.29) is 0 Å². The zero-order valence-electron chi connectivity index (χ0n) is 7.01. The van der Waals surface area contributed by atoms with Crippen LogP contribution in [0.5, 0.6) is 0 Å². The maximum atomic E-state index is 10.3. The van der Waals surface area contributed by atoms with Crippen molar-refractivity contribution in [2.45, 2.75) is 38.5 Å². The third kappa shape index (κ3) is 5.08. The molecule has 0 bridgehead atoms. The Morgan fingerprint density at radius 3 is 2.45 bits per heavy atom. The molecule has 2 atom stereocenters. The predicted molar refractivity (Wildman–Crippen MR) is 46.0 cm³/mol. The van der Waals surface area contributed by atoms with Gasteiger partial charge < -0.3 is 5.11 Å². The highest BCUT2D eigenvalue weighted by Gasteiger charge is 2.13. The summed E-state index contributed by atoms with van der Waals surface area (Å²) in [6.45, 7) is 4.19.